The van der Waals surface area contributed by atoms with Crippen LogP contribution in [0.3, 0.4) is 0 Å². The molecule has 0 spiro atoms. The van der Waals surface area contributed by atoms with E-state index in [1.54, 1.807) is 18.1 Å². The fourth-order valence-corrected chi connectivity index (χ4v) is 9.02. The van der Waals surface area contributed by atoms with Crippen molar-refractivity contribution in [3.63, 3.8) is 0 Å². The lowest BCUT2D eigenvalue weighted by Crippen LogP contribution is -2.40. The molecule has 0 radical (unpaired) electrons. The van der Waals surface area contributed by atoms with Crippen LogP contribution in [0.25, 0.3) is 22.3 Å². The fraction of sp³-hybridized carbons (Fsp3) is 0.224. The normalized spacial score (nSPS) is 15.6. The van der Waals surface area contributed by atoms with Crippen LogP contribution in [0.5, 0.6) is 5.75 Å². The molecule has 2 amide bonds. The highest BCUT2D eigenvalue weighted by atomic mass is 16.6. The molecule has 1 atom stereocenters. The van der Waals surface area contributed by atoms with E-state index in [4.69, 9.17) is 19.9 Å². The molecule has 6 aromatic carbocycles. The number of benzene rings is 6. The van der Waals surface area contributed by atoms with E-state index in [1.165, 1.54) is 33.4 Å². The molecule has 8 heteroatoms. The molecule has 0 aromatic heterocycles. The van der Waals surface area contributed by atoms with Gasteiger partial charge in [-0.05, 0) is 92.7 Å². The van der Waals surface area contributed by atoms with Crippen LogP contribution in [-0.2, 0) is 16.0 Å². The number of amides is 2. The Labute approximate surface area is 333 Å². The van der Waals surface area contributed by atoms with E-state index in [-0.39, 0.29) is 43.6 Å². The standard InChI is InChI=1S/C49H45N3O5/c1-55-47-26-32(23-24-46(47)50)28-52(49(54)57-31-45-42-21-8-4-17-38(42)39-18-5-9-22-43(39)45)35-14-10-12-33(27-35)34-13-11-25-51(29-34)48(53)56-30-44-40-19-6-2-15-36(40)37-16-3-7-20-41(37)44/h2-10,12,14-24,26-27,34,44-45H,11,13,25,28-31,50H2,1H3. The first-order valence-corrected chi connectivity index (χ1v) is 19.7. The number of likely N-dealkylation sites (tertiary alicyclic amines) is 1. The summed E-state index contributed by atoms with van der Waals surface area (Å²) in [6.45, 7) is 1.89. The van der Waals surface area contributed by atoms with E-state index in [0.717, 1.165) is 35.1 Å². The summed E-state index contributed by atoms with van der Waals surface area (Å²) in [5.74, 6) is 0.547. The molecule has 1 unspecified atom stereocenters. The summed E-state index contributed by atoms with van der Waals surface area (Å²) in [5.41, 5.74) is 18.7. The number of anilines is 2. The monoisotopic (exact) mass is 755 g/mol. The van der Waals surface area contributed by atoms with Crippen LogP contribution in [0.15, 0.2) is 140 Å². The molecule has 9 rings (SSSR count). The number of nitrogen functional groups attached to an aromatic ring is 1. The number of nitrogens with two attached hydrogens (primary N) is 1. The second-order valence-electron chi connectivity index (χ2n) is 15.2. The van der Waals surface area contributed by atoms with Gasteiger partial charge in [0.05, 0.1) is 19.3 Å². The van der Waals surface area contributed by atoms with E-state index < -0.39 is 6.09 Å². The van der Waals surface area contributed by atoms with Crippen LogP contribution >= 0.6 is 0 Å². The Kier molecular flexibility index (Phi) is 9.85. The van der Waals surface area contributed by atoms with Crippen molar-refractivity contribution in [3.8, 4) is 28.0 Å². The average molecular weight is 756 g/mol. The summed E-state index contributed by atoms with van der Waals surface area (Å²) >= 11 is 0. The van der Waals surface area contributed by atoms with Crippen molar-refractivity contribution in [1.29, 1.82) is 0 Å². The van der Waals surface area contributed by atoms with E-state index >= 15 is 0 Å². The summed E-state index contributed by atoms with van der Waals surface area (Å²) in [4.78, 5) is 31.4. The maximum Gasteiger partial charge on any atom is 0.414 e. The number of carbonyl (C=O) groups excluding carboxylic acids is 2. The van der Waals surface area contributed by atoms with Gasteiger partial charge in [-0.1, -0.05) is 115 Å². The predicted octanol–water partition coefficient (Wildman–Crippen LogP) is 10.4. The molecule has 1 fully saturated rings. The molecule has 0 saturated carbocycles. The molecule has 2 aliphatic carbocycles. The Bertz CT molecular complexity index is 2370. The van der Waals surface area contributed by atoms with Crippen molar-refractivity contribution in [1.82, 2.24) is 4.90 Å². The zero-order chi connectivity index (χ0) is 38.9. The van der Waals surface area contributed by atoms with Gasteiger partial charge in [-0.25, -0.2) is 9.59 Å². The van der Waals surface area contributed by atoms with Gasteiger partial charge >= 0.3 is 12.2 Å². The quantitative estimate of drug-likeness (QED) is 0.148. The number of methoxy groups -OCH3 is 1. The molecule has 2 N–H and O–H groups in total. The van der Waals surface area contributed by atoms with Gasteiger partial charge in [-0.3, -0.25) is 4.90 Å². The summed E-state index contributed by atoms with van der Waals surface area (Å²) in [7, 11) is 1.58. The molecule has 1 heterocycles. The number of hydrogen-bond acceptors (Lipinski definition) is 6. The third kappa shape index (κ3) is 6.97. The molecule has 0 bridgehead atoms. The van der Waals surface area contributed by atoms with Gasteiger partial charge in [0.1, 0.15) is 19.0 Å². The average Bonchev–Trinajstić information content (AvgIpc) is 3.76. The van der Waals surface area contributed by atoms with Gasteiger partial charge in [0.15, 0.2) is 0 Å². The molecule has 8 nitrogen and oxygen atoms in total. The molecular formula is C49H45N3O5. The highest BCUT2D eigenvalue weighted by Gasteiger charge is 2.33. The molecule has 3 aliphatic rings. The molecule has 1 aliphatic heterocycles. The number of piperidine rings is 1. The van der Waals surface area contributed by atoms with E-state index in [9.17, 15) is 9.59 Å². The van der Waals surface area contributed by atoms with E-state index in [0.29, 0.717) is 30.2 Å². The van der Waals surface area contributed by atoms with E-state index in [2.05, 4.69) is 72.8 Å². The number of fused-ring (bicyclic) bond motifs is 6. The summed E-state index contributed by atoms with van der Waals surface area (Å²) in [6.07, 6.45) is 1.01. The minimum Gasteiger partial charge on any atom is -0.495 e. The van der Waals surface area contributed by atoms with Crippen molar-refractivity contribution in [2.24, 2.45) is 0 Å². The molecule has 1 saturated heterocycles. The van der Waals surface area contributed by atoms with E-state index in [1.807, 2.05) is 65.6 Å². The first-order chi connectivity index (χ1) is 28.0. The number of carbonyl (C=O) groups is 2. The SMILES string of the molecule is COc1cc(CN(C(=O)OCC2c3ccccc3-c3ccccc32)c2cccc(C3CCCN(C(=O)OCC4c5ccccc5-c5ccccc54)C3)c2)ccc1N. The minimum absolute atomic E-state index is 0.00328. The zero-order valence-corrected chi connectivity index (χ0v) is 32.0. The number of hydrogen-bond donors (Lipinski definition) is 1. The summed E-state index contributed by atoms with van der Waals surface area (Å²) in [6, 6.07) is 47.0. The Morgan fingerprint density at radius 2 is 1.25 bits per heavy atom. The third-order valence-electron chi connectivity index (χ3n) is 11.9. The predicted molar refractivity (Wildman–Crippen MR) is 224 cm³/mol. The van der Waals surface area contributed by atoms with Gasteiger partial charge in [-0.2, -0.15) is 0 Å². The Hall–Kier alpha value is -6.54. The lowest BCUT2D eigenvalue weighted by Gasteiger charge is -2.33. The van der Waals surface area contributed by atoms with Crippen LogP contribution in [0.4, 0.5) is 21.0 Å². The summed E-state index contributed by atoms with van der Waals surface area (Å²) in [5, 5.41) is 0. The highest BCUT2D eigenvalue weighted by Crippen LogP contribution is 2.46. The zero-order valence-electron chi connectivity index (χ0n) is 32.0. The molecule has 286 valence electrons. The maximum absolute atomic E-state index is 14.3. The lowest BCUT2D eigenvalue weighted by atomic mass is 9.90. The topological polar surface area (TPSA) is 94.3 Å². The van der Waals surface area contributed by atoms with Crippen molar-refractivity contribution in [2.45, 2.75) is 37.1 Å². The Balaban J connectivity index is 0.929. The molecular weight excluding hydrogens is 711 g/mol. The van der Waals surface area contributed by atoms with Crippen molar-refractivity contribution >= 4 is 23.6 Å². The Morgan fingerprint density at radius 1 is 0.684 bits per heavy atom. The van der Waals surface area contributed by atoms with Crippen molar-refractivity contribution in [3.05, 3.63) is 173 Å². The largest absolute Gasteiger partial charge is 0.495 e. The smallest absolute Gasteiger partial charge is 0.414 e. The molecule has 6 aromatic rings. The number of nitrogens with zero attached hydrogens (tertiary/aromatic N) is 2. The van der Waals surface area contributed by atoms with Gasteiger partial charge in [0.25, 0.3) is 0 Å². The lowest BCUT2D eigenvalue weighted by molar-refractivity contribution is 0.0892. The highest BCUT2D eigenvalue weighted by molar-refractivity contribution is 5.88. The second-order valence-corrected chi connectivity index (χ2v) is 15.2. The van der Waals surface area contributed by atoms with Crippen LogP contribution in [0.2, 0.25) is 0 Å². The van der Waals surface area contributed by atoms with Crippen LogP contribution in [-0.4, -0.2) is 50.5 Å². The van der Waals surface area contributed by atoms with Crippen LogP contribution in [0, 0.1) is 0 Å². The van der Waals surface area contributed by atoms with Crippen molar-refractivity contribution < 1.29 is 23.8 Å². The van der Waals surface area contributed by atoms with Crippen LogP contribution < -0.4 is 15.4 Å². The Morgan fingerprint density at radius 3 is 1.82 bits per heavy atom. The molecule has 57 heavy (non-hydrogen) atoms. The van der Waals surface area contributed by atoms with Gasteiger partial charge < -0.3 is 24.8 Å². The summed E-state index contributed by atoms with van der Waals surface area (Å²) < 4.78 is 17.8. The number of ether oxygens (including phenoxy) is 3. The first kappa shape index (κ1) is 36.1. The fourth-order valence-electron chi connectivity index (χ4n) is 9.02. The van der Waals surface area contributed by atoms with Gasteiger partial charge in [-0.15, -0.1) is 0 Å². The first-order valence-electron chi connectivity index (χ1n) is 19.7. The third-order valence-corrected chi connectivity index (χ3v) is 11.9. The maximum atomic E-state index is 14.3. The van der Waals surface area contributed by atoms with Gasteiger partial charge in [0.2, 0.25) is 0 Å². The van der Waals surface area contributed by atoms with Crippen LogP contribution in [0.1, 0.15) is 64.0 Å². The van der Waals surface area contributed by atoms with Gasteiger partial charge in [0, 0.05) is 36.5 Å². The van der Waals surface area contributed by atoms with Crippen molar-refractivity contribution in [2.75, 3.05) is 44.0 Å². The minimum atomic E-state index is -0.450. The number of rotatable bonds is 9. The second kappa shape index (κ2) is 15.5.